The fourth-order valence-electron chi connectivity index (χ4n) is 2.27. The number of aryl methyl sites for hydroxylation is 2. The molecule has 1 atom stereocenters. The van der Waals surface area contributed by atoms with Crippen LogP contribution in [0, 0.1) is 13.8 Å². The van der Waals surface area contributed by atoms with Crippen LogP contribution in [0.4, 0.5) is 5.69 Å². The normalized spacial score (nSPS) is 11.6. The summed E-state index contributed by atoms with van der Waals surface area (Å²) in [6.45, 7) is 4.81. The molecule has 0 bridgehead atoms. The van der Waals surface area contributed by atoms with Crippen LogP contribution in [0.15, 0.2) is 30.3 Å². The molecule has 0 spiro atoms. The van der Waals surface area contributed by atoms with Gasteiger partial charge in [0.1, 0.15) is 5.75 Å². The van der Waals surface area contributed by atoms with Crippen LogP contribution in [0.1, 0.15) is 18.1 Å². The Morgan fingerprint density at radius 2 is 1.63 bits per heavy atom. The van der Waals surface area contributed by atoms with Crippen LogP contribution in [-0.4, -0.2) is 24.6 Å². The van der Waals surface area contributed by atoms with Gasteiger partial charge in [-0.05, 0) is 38.0 Å². The Balaban J connectivity index is 1.91. The van der Waals surface area contributed by atoms with Gasteiger partial charge in [0.2, 0.25) is 0 Å². The quantitative estimate of drug-likeness (QED) is 0.504. The van der Waals surface area contributed by atoms with E-state index in [-0.39, 0.29) is 20.8 Å². The zero-order valence-electron chi connectivity index (χ0n) is 14.9. The van der Waals surface area contributed by atoms with Crippen LogP contribution in [0.5, 0.6) is 5.75 Å². The molecule has 8 heteroatoms. The first-order valence-corrected chi connectivity index (χ1v) is 9.16. The molecule has 2 rings (SSSR count). The van der Waals surface area contributed by atoms with E-state index in [0.717, 1.165) is 11.1 Å². The van der Waals surface area contributed by atoms with Crippen LogP contribution in [-0.2, 0) is 14.3 Å². The first-order valence-electron chi connectivity index (χ1n) is 8.03. The highest BCUT2D eigenvalue weighted by Gasteiger charge is 2.20. The number of ether oxygens (including phenoxy) is 2. The van der Waals surface area contributed by atoms with Crippen molar-refractivity contribution >= 4 is 52.4 Å². The summed E-state index contributed by atoms with van der Waals surface area (Å²) in [7, 11) is 0. The van der Waals surface area contributed by atoms with Crippen LogP contribution in [0.3, 0.4) is 0 Å². The van der Waals surface area contributed by atoms with Crippen molar-refractivity contribution in [1.29, 1.82) is 0 Å². The molecule has 0 aliphatic rings. The van der Waals surface area contributed by atoms with Gasteiger partial charge in [-0.15, -0.1) is 0 Å². The molecule has 2 aromatic carbocycles. The molecule has 0 aliphatic heterocycles. The molecule has 0 aromatic heterocycles. The van der Waals surface area contributed by atoms with E-state index in [1.807, 2.05) is 32.0 Å². The van der Waals surface area contributed by atoms with Gasteiger partial charge in [-0.3, -0.25) is 4.79 Å². The highest BCUT2D eigenvalue weighted by atomic mass is 35.5. The van der Waals surface area contributed by atoms with Gasteiger partial charge in [-0.2, -0.15) is 0 Å². The van der Waals surface area contributed by atoms with Crippen molar-refractivity contribution in [3.05, 3.63) is 56.5 Å². The number of halogens is 3. The Hall–Kier alpha value is -1.95. The molecule has 0 fully saturated rings. The van der Waals surface area contributed by atoms with E-state index < -0.39 is 24.6 Å². The van der Waals surface area contributed by atoms with Crippen LogP contribution in [0.2, 0.25) is 15.1 Å². The van der Waals surface area contributed by atoms with E-state index in [0.29, 0.717) is 5.69 Å². The van der Waals surface area contributed by atoms with Crippen molar-refractivity contribution in [3.8, 4) is 5.75 Å². The van der Waals surface area contributed by atoms with E-state index in [1.165, 1.54) is 19.1 Å². The second-order valence-corrected chi connectivity index (χ2v) is 7.10. The highest BCUT2D eigenvalue weighted by molar-refractivity contribution is 6.43. The predicted octanol–water partition coefficient (Wildman–Crippen LogP) is 5.21. The number of amides is 1. The summed E-state index contributed by atoms with van der Waals surface area (Å²) in [6.07, 6.45) is -0.996. The number of esters is 1. The van der Waals surface area contributed by atoms with E-state index in [1.54, 1.807) is 0 Å². The summed E-state index contributed by atoms with van der Waals surface area (Å²) < 4.78 is 10.4. The van der Waals surface area contributed by atoms with Gasteiger partial charge in [0.25, 0.3) is 5.91 Å². The van der Waals surface area contributed by atoms with Crippen molar-refractivity contribution in [1.82, 2.24) is 0 Å². The van der Waals surface area contributed by atoms with Gasteiger partial charge < -0.3 is 14.8 Å². The number of para-hydroxylation sites is 1. The van der Waals surface area contributed by atoms with Gasteiger partial charge in [-0.1, -0.05) is 53.0 Å². The summed E-state index contributed by atoms with van der Waals surface area (Å²) in [6, 6.07) is 8.47. The first kappa shape index (κ1) is 21.4. The van der Waals surface area contributed by atoms with Crippen LogP contribution < -0.4 is 10.1 Å². The standard InChI is InChI=1S/C19H18Cl3NO4/c1-10-5-4-6-11(2)18(10)23-19(25)12(3)27-17(24)9-26-16-8-14(21)13(20)7-15(16)22/h4-8,12H,9H2,1-3H3,(H,23,25). The summed E-state index contributed by atoms with van der Waals surface area (Å²) in [5.41, 5.74) is 2.53. The molecule has 0 heterocycles. The van der Waals surface area contributed by atoms with Gasteiger partial charge in [0, 0.05) is 11.8 Å². The number of benzene rings is 2. The molecule has 0 aliphatic carbocycles. The number of nitrogens with one attached hydrogen (secondary N) is 1. The zero-order valence-corrected chi connectivity index (χ0v) is 17.2. The SMILES string of the molecule is Cc1cccc(C)c1NC(=O)C(C)OC(=O)COc1cc(Cl)c(Cl)cc1Cl. The Morgan fingerprint density at radius 3 is 2.26 bits per heavy atom. The number of hydrogen-bond acceptors (Lipinski definition) is 4. The maximum Gasteiger partial charge on any atom is 0.344 e. The molecule has 1 amide bonds. The second kappa shape index (κ2) is 9.31. The Kier molecular flexibility index (Phi) is 7.36. The number of anilines is 1. The summed E-state index contributed by atoms with van der Waals surface area (Å²) in [4.78, 5) is 24.2. The number of carbonyl (C=O) groups excluding carboxylic acids is 2. The molecule has 0 radical (unpaired) electrons. The van der Waals surface area contributed by atoms with Gasteiger partial charge >= 0.3 is 5.97 Å². The Bertz CT molecular complexity index is 850. The topological polar surface area (TPSA) is 64.6 Å². The molecular formula is C19H18Cl3NO4. The Morgan fingerprint density at radius 1 is 1.04 bits per heavy atom. The van der Waals surface area contributed by atoms with Gasteiger partial charge in [0.05, 0.1) is 15.1 Å². The second-order valence-electron chi connectivity index (χ2n) is 5.87. The molecule has 2 aromatic rings. The average Bonchev–Trinajstić information content (AvgIpc) is 2.60. The van der Waals surface area contributed by atoms with Crippen LogP contribution >= 0.6 is 34.8 Å². The lowest BCUT2D eigenvalue weighted by Crippen LogP contribution is -2.32. The summed E-state index contributed by atoms with van der Waals surface area (Å²) in [5, 5.41) is 3.49. The van der Waals surface area contributed by atoms with E-state index >= 15 is 0 Å². The van der Waals surface area contributed by atoms with Gasteiger partial charge in [0.15, 0.2) is 12.7 Å². The molecule has 27 heavy (non-hydrogen) atoms. The molecule has 1 unspecified atom stereocenters. The lowest BCUT2D eigenvalue weighted by molar-refractivity contribution is -0.155. The number of rotatable bonds is 6. The minimum Gasteiger partial charge on any atom is -0.480 e. The largest absolute Gasteiger partial charge is 0.480 e. The average molecular weight is 431 g/mol. The van der Waals surface area contributed by atoms with E-state index in [9.17, 15) is 9.59 Å². The third kappa shape index (κ3) is 5.76. The third-order valence-corrected chi connectivity index (χ3v) is 4.74. The van der Waals surface area contributed by atoms with Crippen LogP contribution in [0.25, 0.3) is 0 Å². The summed E-state index contributed by atoms with van der Waals surface area (Å²) in [5.74, 6) is -0.967. The van der Waals surface area contributed by atoms with E-state index in [4.69, 9.17) is 44.3 Å². The minimum atomic E-state index is -0.996. The fourth-order valence-corrected chi connectivity index (χ4v) is 2.86. The first-order chi connectivity index (χ1) is 12.7. The number of carbonyl (C=O) groups is 2. The molecule has 0 saturated heterocycles. The fraction of sp³-hybridized carbons (Fsp3) is 0.263. The highest BCUT2D eigenvalue weighted by Crippen LogP contribution is 2.33. The predicted molar refractivity (Wildman–Crippen MR) is 107 cm³/mol. The zero-order chi connectivity index (χ0) is 20.1. The molecule has 1 N–H and O–H groups in total. The maximum atomic E-state index is 12.3. The lowest BCUT2D eigenvalue weighted by atomic mass is 10.1. The number of hydrogen-bond donors (Lipinski definition) is 1. The monoisotopic (exact) mass is 429 g/mol. The van der Waals surface area contributed by atoms with Crippen molar-refractivity contribution in [2.75, 3.05) is 11.9 Å². The Labute approximate surface area is 172 Å². The lowest BCUT2D eigenvalue weighted by Gasteiger charge is -2.16. The maximum absolute atomic E-state index is 12.3. The third-order valence-electron chi connectivity index (χ3n) is 3.73. The molecule has 144 valence electrons. The molecular weight excluding hydrogens is 413 g/mol. The van der Waals surface area contributed by atoms with Crippen molar-refractivity contribution < 1.29 is 19.1 Å². The van der Waals surface area contributed by atoms with Crippen molar-refractivity contribution in [2.24, 2.45) is 0 Å². The van der Waals surface area contributed by atoms with E-state index in [2.05, 4.69) is 5.32 Å². The summed E-state index contributed by atoms with van der Waals surface area (Å²) >= 11 is 17.7. The smallest absolute Gasteiger partial charge is 0.344 e. The minimum absolute atomic E-state index is 0.190. The van der Waals surface area contributed by atoms with Gasteiger partial charge in [-0.25, -0.2) is 4.79 Å². The molecule has 0 saturated carbocycles. The van der Waals surface area contributed by atoms with Crippen molar-refractivity contribution in [2.45, 2.75) is 26.9 Å². The van der Waals surface area contributed by atoms with Crippen molar-refractivity contribution in [3.63, 3.8) is 0 Å². The molecule has 5 nitrogen and oxygen atoms in total.